The monoisotopic (exact) mass is 680 g/mol. The van der Waals surface area contributed by atoms with Gasteiger partial charge >= 0.3 is 0 Å². The lowest BCUT2D eigenvalue weighted by Gasteiger charge is -2.30. The molecule has 2 heterocycles. The van der Waals surface area contributed by atoms with Crippen LogP contribution in [0.25, 0.3) is 67.0 Å². The van der Waals surface area contributed by atoms with Crippen molar-refractivity contribution in [3.63, 3.8) is 0 Å². The van der Waals surface area contributed by atoms with Crippen molar-refractivity contribution < 1.29 is 0 Å². The van der Waals surface area contributed by atoms with Gasteiger partial charge in [0.1, 0.15) is 11.6 Å². The number of hydrogen-bond acceptors (Lipinski definition) is 4. The second-order valence-corrected chi connectivity index (χ2v) is 14.4. The normalized spacial score (nSPS) is 13.1. The Morgan fingerprint density at radius 2 is 0.962 bits per heavy atom. The van der Waals surface area contributed by atoms with Gasteiger partial charge in [-0.15, -0.1) is 0 Å². The van der Waals surface area contributed by atoms with E-state index in [1.54, 1.807) is 0 Å². The van der Waals surface area contributed by atoms with E-state index in [0.29, 0.717) is 5.82 Å². The SMILES string of the molecule is Cc1cc(C)c(-c2cccc(-c3ccccc3-c3cccc4c3-c3cc(-c5nc(C)nc(C)n5)ccc3C43c4ccccc4-c4ccccc43)c2)cn1. The second-order valence-electron chi connectivity index (χ2n) is 14.4. The third-order valence-electron chi connectivity index (χ3n) is 11.2. The molecular weight excluding hydrogens is 645 g/mol. The van der Waals surface area contributed by atoms with Crippen LogP contribution in [0.2, 0.25) is 0 Å². The van der Waals surface area contributed by atoms with Crippen LogP contribution in [-0.2, 0) is 5.41 Å². The minimum Gasteiger partial charge on any atom is -0.261 e. The van der Waals surface area contributed by atoms with Crippen LogP contribution in [0.4, 0.5) is 0 Å². The Hall–Kier alpha value is -6.52. The van der Waals surface area contributed by atoms with Crippen molar-refractivity contribution in [2.24, 2.45) is 0 Å². The molecule has 0 bridgehead atoms. The first kappa shape index (κ1) is 31.2. The Bertz CT molecular complexity index is 2730. The molecule has 0 aliphatic heterocycles. The summed E-state index contributed by atoms with van der Waals surface area (Å²) >= 11 is 0. The molecule has 0 saturated heterocycles. The van der Waals surface area contributed by atoms with Gasteiger partial charge in [-0.1, -0.05) is 121 Å². The van der Waals surface area contributed by atoms with E-state index < -0.39 is 5.41 Å². The highest BCUT2D eigenvalue weighted by Crippen LogP contribution is 2.64. The lowest BCUT2D eigenvalue weighted by Crippen LogP contribution is -2.25. The molecule has 2 aromatic heterocycles. The second kappa shape index (κ2) is 11.8. The smallest absolute Gasteiger partial charge is 0.163 e. The van der Waals surface area contributed by atoms with Crippen molar-refractivity contribution in [1.82, 2.24) is 19.9 Å². The maximum Gasteiger partial charge on any atom is 0.163 e. The molecule has 1 spiro atoms. The third kappa shape index (κ3) is 4.62. The van der Waals surface area contributed by atoms with Gasteiger partial charge in [0.2, 0.25) is 0 Å². The van der Waals surface area contributed by atoms with Crippen LogP contribution in [0.3, 0.4) is 0 Å². The van der Waals surface area contributed by atoms with Crippen LogP contribution < -0.4 is 0 Å². The average Bonchev–Trinajstić information content (AvgIpc) is 3.65. The van der Waals surface area contributed by atoms with E-state index in [4.69, 9.17) is 9.97 Å². The first-order valence-electron chi connectivity index (χ1n) is 18.2. The van der Waals surface area contributed by atoms with E-state index in [9.17, 15) is 0 Å². The van der Waals surface area contributed by atoms with Gasteiger partial charge in [0, 0.05) is 23.0 Å². The molecule has 0 radical (unpaired) electrons. The molecule has 4 nitrogen and oxygen atoms in total. The standard InChI is InChI=1S/C49H36N4/c1-29-25-30(2)50-28-42(29)34-14-11-13-33(26-34)36-15-5-6-16-37(36)40-19-12-22-46-47(40)41-27-35(48-52-31(3)51-32(4)53-48)23-24-45(41)49(46)43-20-9-7-17-38(43)39-18-8-10-21-44(39)49/h5-28H,1-4H3. The number of rotatable bonds is 4. The molecular formula is C49H36N4. The van der Waals surface area contributed by atoms with Crippen molar-refractivity contribution in [1.29, 1.82) is 0 Å². The largest absolute Gasteiger partial charge is 0.261 e. The van der Waals surface area contributed by atoms with Gasteiger partial charge in [-0.05, 0) is 124 Å². The van der Waals surface area contributed by atoms with Crippen LogP contribution in [0.1, 0.15) is 45.2 Å². The summed E-state index contributed by atoms with van der Waals surface area (Å²) in [6.45, 7) is 8.08. The zero-order valence-corrected chi connectivity index (χ0v) is 30.1. The van der Waals surface area contributed by atoms with Gasteiger partial charge in [0.05, 0.1) is 5.41 Å². The van der Waals surface area contributed by atoms with Gasteiger partial charge in [0.15, 0.2) is 5.82 Å². The minimum atomic E-state index is -0.470. The highest BCUT2D eigenvalue weighted by Gasteiger charge is 2.52. The Kier molecular flexibility index (Phi) is 6.93. The molecule has 0 saturated carbocycles. The first-order chi connectivity index (χ1) is 25.9. The third-order valence-corrected chi connectivity index (χ3v) is 11.2. The van der Waals surface area contributed by atoms with Crippen LogP contribution >= 0.6 is 0 Å². The predicted molar refractivity (Wildman–Crippen MR) is 215 cm³/mol. The fourth-order valence-corrected chi connectivity index (χ4v) is 9.12. The lowest BCUT2D eigenvalue weighted by molar-refractivity contribution is 0.794. The summed E-state index contributed by atoms with van der Waals surface area (Å²) < 4.78 is 0. The molecule has 0 fully saturated rings. The van der Waals surface area contributed by atoms with E-state index in [1.165, 1.54) is 72.3 Å². The molecule has 53 heavy (non-hydrogen) atoms. The van der Waals surface area contributed by atoms with Gasteiger partial charge < -0.3 is 0 Å². The molecule has 4 heteroatoms. The van der Waals surface area contributed by atoms with Crippen molar-refractivity contribution in [3.8, 4) is 67.0 Å². The fraction of sp³-hybridized carbons (Fsp3) is 0.102. The van der Waals surface area contributed by atoms with Gasteiger partial charge in [-0.2, -0.15) is 0 Å². The summed E-state index contributed by atoms with van der Waals surface area (Å²) in [6, 6.07) is 51.6. The quantitative estimate of drug-likeness (QED) is 0.186. The van der Waals surface area contributed by atoms with E-state index >= 15 is 0 Å². The maximum absolute atomic E-state index is 4.80. The Morgan fingerprint density at radius 3 is 1.66 bits per heavy atom. The van der Waals surface area contributed by atoms with Crippen molar-refractivity contribution >= 4 is 0 Å². The molecule has 2 aliphatic rings. The summed E-state index contributed by atoms with van der Waals surface area (Å²) in [6.07, 6.45) is 2.00. The average molecular weight is 681 g/mol. The summed E-state index contributed by atoms with van der Waals surface area (Å²) in [5.74, 6) is 2.14. The molecule has 10 rings (SSSR count). The van der Waals surface area contributed by atoms with Gasteiger partial charge in [0.25, 0.3) is 0 Å². The summed E-state index contributed by atoms with van der Waals surface area (Å²) in [4.78, 5) is 18.7. The summed E-state index contributed by atoms with van der Waals surface area (Å²) in [5, 5.41) is 0. The number of aromatic nitrogens is 4. The molecule has 2 aliphatic carbocycles. The van der Waals surface area contributed by atoms with Gasteiger partial charge in [-0.3, -0.25) is 4.98 Å². The van der Waals surface area contributed by atoms with Gasteiger partial charge in [-0.25, -0.2) is 15.0 Å². The topological polar surface area (TPSA) is 51.6 Å². The lowest BCUT2D eigenvalue weighted by atomic mass is 9.70. The van der Waals surface area contributed by atoms with E-state index in [0.717, 1.165) is 34.0 Å². The van der Waals surface area contributed by atoms with Crippen LogP contribution in [0.5, 0.6) is 0 Å². The number of aryl methyl sites for hydroxylation is 4. The van der Waals surface area contributed by atoms with E-state index in [-0.39, 0.29) is 0 Å². The van der Waals surface area contributed by atoms with Crippen LogP contribution in [0.15, 0.2) is 146 Å². The zero-order valence-electron chi connectivity index (χ0n) is 30.1. The van der Waals surface area contributed by atoms with E-state index in [1.807, 2.05) is 27.0 Å². The Morgan fingerprint density at radius 1 is 0.396 bits per heavy atom. The minimum absolute atomic E-state index is 0.470. The Labute approximate surface area is 310 Å². The predicted octanol–water partition coefficient (Wildman–Crippen LogP) is 11.5. The zero-order chi connectivity index (χ0) is 35.8. The van der Waals surface area contributed by atoms with Crippen LogP contribution in [0, 0.1) is 27.7 Å². The van der Waals surface area contributed by atoms with E-state index in [2.05, 4.69) is 156 Å². The molecule has 6 aromatic carbocycles. The van der Waals surface area contributed by atoms with Crippen molar-refractivity contribution in [2.75, 3.05) is 0 Å². The summed E-state index contributed by atoms with van der Waals surface area (Å²) in [7, 11) is 0. The number of fused-ring (bicyclic) bond motifs is 10. The number of pyridine rings is 1. The van der Waals surface area contributed by atoms with Crippen molar-refractivity contribution in [3.05, 3.63) is 191 Å². The molecule has 0 amide bonds. The molecule has 0 N–H and O–H groups in total. The van der Waals surface area contributed by atoms with Crippen LogP contribution in [-0.4, -0.2) is 19.9 Å². The Balaban J connectivity index is 1.25. The summed E-state index contributed by atoms with van der Waals surface area (Å²) in [5.41, 5.74) is 20.1. The maximum atomic E-state index is 4.80. The fourth-order valence-electron chi connectivity index (χ4n) is 9.12. The number of nitrogens with zero attached hydrogens (tertiary/aromatic N) is 4. The number of hydrogen-bond donors (Lipinski definition) is 0. The molecule has 8 aromatic rings. The van der Waals surface area contributed by atoms with Crippen molar-refractivity contribution in [2.45, 2.75) is 33.1 Å². The molecule has 0 unspecified atom stereocenters. The number of benzene rings is 6. The highest BCUT2D eigenvalue weighted by molar-refractivity contribution is 6.02. The molecule has 252 valence electrons. The molecule has 0 atom stereocenters. The first-order valence-corrected chi connectivity index (χ1v) is 18.2. The highest BCUT2D eigenvalue weighted by atomic mass is 15.0.